The van der Waals surface area contributed by atoms with E-state index in [4.69, 9.17) is 32.5 Å². The highest BCUT2D eigenvalue weighted by Crippen LogP contribution is 2.38. The van der Waals surface area contributed by atoms with Gasteiger partial charge in [0.1, 0.15) is 24.1 Å². The van der Waals surface area contributed by atoms with Crippen LogP contribution in [0.2, 0.25) is 0 Å². The molecule has 0 aromatic carbocycles. The first kappa shape index (κ1) is 16.5. The molecule has 0 bridgehead atoms. The highest BCUT2D eigenvalue weighted by Gasteiger charge is 2.44. The van der Waals surface area contributed by atoms with Crippen molar-refractivity contribution in [2.45, 2.75) is 24.5 Å². The van der Waals surface area contributed by atoms with Crippen molar-refractivity contribution in [1.82, 2.24) is 9.55 Å². The number of nitrogen functional groups attached to an aromatic ring is 1. The Morgan fingerprint density at radius 2 is 2.14 bits per heavy atom. The third kappa shape index (κ3) is 3.84. The summed E-state index contributed by atoms with van der Waals surface area (Å²) in [6.45, 7) is -0.589. The predicted molar refractivity (Wildman–Crippen MR) is 71.4 cm³/mol. The molecule has 1 saturated heterocycles. The molecule has 1 aliphatic heterocycles. The Morgan fingerprint density at radius 1 is 1.48 bits per heavy atom. The van der Waals surface area contributed by atoms with Crippen molar-refractivity contribution in [3.05, 3.63) is 17.0 Å². The van der Waals surface area contributed by atoms with Gasteiger partial charge in [-0.1, -0.05) is 0 Å². The molecular weight excluding hydrogens is 325 g/mol. The number of nitrogens with two attached hydrogens (primary N) is 1. The van der Waals surface area contributed by atoms with Crippen molar-refractivity contribution in [3.8, 4) is 0 Å². The van der Waals surface area contributed by atoms with Crippen LogP contribution in [-0.4, -0.2) is 54.5 Å². The Bertz CT molecular complexity index is 620. The lowest BCUT2D eigenvalue weighted by Crippen LogP contribution is -2.33. The lowest BCUT2D eigenvalue weighted by molar-refractivity contribution is -0.0533. The van der Waals surface area contributed by atoms with Crippen LogP contribution >= 0.6 is 20.0 Å². The third-order valence-electron chi connectivity index (χ3n) is 2.87. The average Bonchev–Trinajstić information content (AvgIpc) is 2.64. The van der Waals surface area contributed by atoms with Gasteiger partial charge < -0.3 is 30.5 Å². The quantitative estimate of drug-likeness (QED) is 0.337. The van der Waals surface area contributed by atoms with Gasteiger partial charge in [-0.25, -0.2) is 9.55 Å². The molecule has 1 aliphatic rings. The van der Waals surface area contributed by atoms with Crippen LogP contribution in [0, 0.1) is 4.77 Å². The summed E-state index contributed by atoms with van der Waals surface area (Å²) in [4.78, 5) is 21.1. The smallest absolute Gasteiger partial charge is 0.387 e. The monoisotopic (exact) mass is 339 g/mol. The van der Waals surface area contributed by atoms with E-state index in [0.29, 0.717) is 0 Å². The molecule has 0 aliphatic carbocycles. The zero-order chi connectivity index (χ0) is 15.8. The van der Waals surface area contributed by atoms with Crippen LogP contribution < -0.4 is 5.73 Å². The van der Waals surface area contributed by atoms with Crippen molar-refractivity contribution in [2.75, 3.05) is 12.3 Å². The molecule has 4 atom stereocenters. The van der Waals surface area contributed by atoms with Crippen LogP contribution in [-0.2, 0) is 13.8 Å². The van der Waals surface area contributed by atoms with E-state index in [9.17, 15) is 14.8 Å². The van der Waals surface area contributed by atoms with Crippen molar-refractivity contribution in [2.24, 2.45) is 0 Å². The van der Waals surface area contributed by atoms with Crippen molar-refractivity contribution in [1.29, 1.82) is 0 Å². The maximum atomic E-state index is 10.6. The summed E-state index contributed by atoms with van der Waals surface area (Å²) in [6.07, 6.45) is -3.53. The molecule has 0 radical (unpaired) electrons. The topological polar surface area (TPSA) is 160 Å². The molecular formula is C9H14N3O7PS. The lowest BCUT2D eigenvalue weighted by atomic mass is 10.1. The molecule has 118 valence electrons. The second-order valence-electron chi connectivity index (χ2n) is 4.37. The third-order valence-corrected chi connectivity index (χ3v) is 3.66. The van der Waals surface area contributed by atoms with E-state index in [2.05, 4.69) is 9.51 Å². The maximum absolute atomic E-state index is 10.6. The molecule has 10 nitrogen and oxygen atoms in total. The second-order valence-corrected chi connectivity index (χ2v) is 5.98. The Labute approximate surface area is 124 Å². The lowest BCUT2D eigenvalue weighted by Gasteiger charge is -2.18. The molecule has 12 heteroatoms. The van der Waals surface area contributed by atoms with Gasteiger partial charge in [-0.15, -0.1) is 0 Å². The van der Waals surface area contributed by atoms with Gasteiger partial charge in [-0.3, -0.25) is 9.09 Å². The van der Waals surface area contributed by atoms with E-state index in [1.807, 2.05) is 0 Å². The van der Waals surface area contributed by atoms with E-state index >= 15 is 0 Å². The van der Waals surface area contributed by atoms with Gasteiger partial charge >= 0.3 is 7.82 Å². The van der Waals surface area contributed by atoms with Crippen molar-refractivity contribution < 1.29 is 33.8 Å². The highest BCUT2D eigenvalue weighted by molar-refractivity contribution is 7.71. The van der Waals surface area contributed by atoms with E-state index in [1.54, 1.807) is 0 Å². The first-order valence-electron chi connectivity index (χ1n) is 5.75. The van der Waals surface area contributed by atoms with E-state index in [0.717, 1.165) is 0 Å². The standard InChI is InChI=1S/C9H14N3O7PS/c10-5-1-2-12(9(21)11-5)8-7(14)6(13)4(19-8)3-18-20(15,16)17/h1-2,4,6-8,13-14H,3H2,(H2,10,11,21)(H2,15,16,17)/t4-,6-,7-,8-/m1/s1. The fourth-order valence-electron chi connectivity index (χ4n) is 1.89. The normalized spacial score (nSPS) is 29.7. The number of aromatic nitrogens is 2. The number of phosphoric ester groups is 1. The number of aliphatic hydroxyl groups excluding tert-OH is 2. The first-order valence-corrected chi connectivity index (χ1v) is 7.69. The first-order chi connectivity index (χ1) is 9.69. The summed E-state index contributed by atoms with van der Waals surface area (Å²) in [5, 5.41) is 19.8. The number of phosphoric acid groups is 1. The fourth-order valence-corrected chi connectivity index (χ4v) is 2.50. The van der Waals surface area contributed by atoms with E-state index in [1.165, 1.54) is 16.8 Å². The summed E-state index contributed by atoms with van der Waals surface area (Å²) in [6, 6.07) is 1.43. The number of hydrogen-bond donors (Lipinski definition) is 5. The number of hydrogen-bond acceptors (Lipinski definition) is 8. The van der Waals surface area contributed by atoms with Gasteiger partial charge in [-0.05, 0) is 18.3 Å². The minimum atomic E-state index is -4.70. The number of nitrogens with zero attached hydrogens (tertiary/aromatic N) is 2. The second kappa shape index (κ2) is 6.07. The molecule has 21 heavy (non-hydrogen) atoms. The number of aliphatic hydroxyl groups is 2. The highest BCUT2D eigenvalue weighted by atomic mass is 32.1. The summed E-state index contributed by atoms with van der Waals surface area (Å²) < 4.78 is 21.6. The van der Waals surface area contributed by atoms with Crippen molar-refractivity contribution in [3.63, 3.8) is 0 Å². The van der Waals surface area contributed by atoms with Crippen LogP contribution in [0.4, 0.5) is 5.82 Å². The fraction of sp³-hybridized carbons (Fsp3) is 0.556. The van der Waals surface area contributed by atoms with Gasteiger partial charge in [0.15, 0.2) is 6.23 Å². The molecule has 0 saturated carbocycles. The van der Waals surface area contributed by atoms with Crippen LogP contribution in [0.1, 0.15) is 6.23 Å². The molecule has 0 unspecified atom stereocenters. The number of anilines is 1. The molecule has 1 fully saturated rings. The summed E-state index contributed by atoms with van der Waals surface area (Å²) in [5.41, 5.74) is 5.46. The van der Waals surface area contributed by atoms with E-state index < -0.39 is 39.0 Å². The SMILES string of the molecule is Nc1ccn([C@@H]2O[C@H](COP(=O)(O)O)[C@@H](O)[C@H]2O)c(=S)n1. The molecule has 0 amide bonds. The summed E-state index contributed by atoms with van der Waals surface area (Å²) in [5.74, 6) is 0.186. The number of rotatable bonds is 4. The maximum Gasteiger partial charge on any atom is 0.469 e. The predicted octanol–water partition coefficient (Wildman–Crippen LogP) is -1.08. The summed E-state index contributed by atoms with van der Waals surface area (Å²) >= 11 is 4.97. The van der Waals surface area contributed by atoms with Crippen molar-refractivity contribution >= 4 is 25.9 Å². The Kier molecular flexibility index (Phi) is 4.76. The van der Waals surface area contributed by atoms with Gasteiger partial charge in [0, 0.05) is 6.20 Å². The molecule has 1 aromatic heterocycles. The largest absolute Gasteiger partial charge is 0.469 e. The van der Waals surface area contributed by atoms with Crippen LogP contribution in [0.15, 0.2) is 12.3 Å². The van der Waals surface area contributed by atoms with Gasteiger partial charge in [-0.2, -0.15) is 0 Å². The van der Waals surface area contributed by atoms with Gasteiger partial charge in [0.2, 0.25) is 4.77 Å². The molecule has 0 spiro atoms. The Balaban J connectivity index is 2.16. The van der Waals surface area contributed by atoms with Crippen LogP contribution in [0.5, 0.6) is 0 Å². The van der Waals surface area contributed by atoms with Crippen LogP contribution in [0.3, 0.4) is 0 Å². The van der Waals surface area contributed by atoms with Gasteiger partial charge in [0.25, 0.3) is 0 Å². The average molecular weight is 339 g/mol. The molecule has 6 N–H and O–H groups in total. The Morgan fingerprint density at radius 3 is 2.71 bits per heavy atom. The zero-order valence-corrected chi connectivity index (χ0v) is 12.2. The minimum absolute atomic E-state index is 0.0304. The van der Waals surface area contributed by atoms with E-state index in [-0.39, 0.29) is 10.6 Å². The minimum Gasteiger partial charge on any atom is -0.387 e. The number of ether oxygens (including phenoxy) is 1. The van der Waals surface area contributed by atoms with Crippen LogP contribution in [0.25, 0.3) is 0 Å². The van der Waals surface area contributed by atoms with Gasteiger partial charge in [0.05, 0.1) is 6.61 Å². The summed E-state index contributed by atoms with van der Waals surface area (Å²) in [7, 11) is -4.70. The Hall–Kier alpha value is -0.910. The zero-order valence-electron chi connectivity index (χ0n) is 10.5. The molecule has 1 aromatic rings. The molecule has 2 rings (SSSR count). The molecule has 2 heterocycles.